The fraction of sp³-hybridized carbons (Fsp3) is 0.136. The van der Waals surface area contributed by atoms with Gasteiger partial charge in [-0.05, 0) is 42.8 Å². The number of carbonyl (C=O) groups excluding carboxylic acids is 2. The van der Waals surface area contributed by atoms with Crippen LogP contribution in [0.2, 0.25) is 0 Å². The lowest BCUT2D eigenvalue weighted by atomic mass is 10.1. The van der Waals surface area contributed by atoms with Crippen LogP contribution in [0.4, 0.5) is 10.1 Å². The fourth-order valence-corrected chi connectivity index (χ4v) is 2.76. The predicted octanol–water partition coefficient (Wildman–Crippen LogP) is 4.14. The van der Waals surface area contributed by atoms with E-state index in [9.17, 15) is 14.0 Å². The average Bonchev–Trinajstić information content (AvgIpc) is 2.72. The molecule has 6 heteroatoms. The maximum Gasteiger partial charge on any atom is 0.274 e. The van der Waals surface area contributed by atoms with E-state index in [2.05, 4.69) is 10.3 Å². The molecule has 2 amide bonds. The number of nitrogens with one attached hydrogen (secondary N) is 1. The molecule has 0 atom stereocenters. The molecule has 1 aromatic heterocycles. The van der Waals surface area contributed by atoms with Crippen molar-refractivity contribution in [1.29, 1.82) is 0 Å². The fourth-order valence-electron chi connectivity index (χ4n) is 2.76. The highest BCUT2D eigenvalue weighted by atomic mass is 19.1. The number of pyridine rings is 1. The summed E-state index contributed by atoms with van der Waals surface area (Å²) in [5, 5.41) is 2.58. The summed E-state index contributed by atoms with van der Waals surface area (Å²) < 4.78 is 13.3. The molecular formula is C22H20FN3O2. The molecule has 0 aliphatic heterocycles. The van der Waals surface area contributed by atoms with Gasteiger partial charge in [0.15, 0.2) is 0 Å². The van der Waals surface area contributed by atoms with Gasteiger partial charge in [0.1, 0.15) is 11.5 Å². The summed E-state index contributed by atoms with van der Waals surface area (Å²) in [6, 6.07) is 18.3. The van der Waals surface area contributed by atoms with E-state index in [1.807, 2.05) is 37.3 Å². The molecule has 142 valence electrons. The minimum absolute atomic E-state index is 0.0888. The van der Waals surface area contributed by atoms with Crippen LogP contribution < -0.4 is 5.32 Å². The summed E-state index contributed by atoms with van der Waals surface area (Å²) in [5.41, 5.74) is 1.81. The maximum atomic E-state index is 13.3. The SMILES string of the molecule is CCN(Cc1ccccc1)C(=O)c1ccnc(C(=O)Nc2cccc(F)c2)c1. The second kappa shape index (κ2) is 8.90. The van der Waals surface area contributed by atoms with Gasteiger partial charge < -0.3 is 10.2 Å². The molecule has 2 aromatic carbocycles. The van der Waals surface area contributed by atoms with E-state index in [1.165, 1.54) is 30.5 Å². The molecule has 3 aromatic rings. The zero-order chi connectivity index (χ0) is 19.9. The Labute approximate surface area is 162 Å². The molecule has 0 fully saturated rings. The number of hydrogen-bond acceptors (Lipinski definition) is 3. The van der Waals surface area contributed by atoms with Crippen molar-refractivity contribution >= 4 is 17.5 Å². The zero-order valence-electron chi connectivity index (χ0n) is 15.4. The van der Waals surface area contributed by atoms with Gasteiger partial charge in [-0.3, -0.25) is 14.6 Å². The minimum atomic E-state index is -0.508. The first-order valence-electron chi connectivity index (χ1n) is 8.93. The number of hydrogen-bond donors (Lipinski definition) is 1. The molecular weight excluding hydrogens is 357 g/mol. The van der Waals surface area contributed by atoms with Crippen LogP contribution in [0.3, 0.4) is 0 Å². The van der Waals surface area contributed by atoms with Crippen LogP contribution in [0.5, 0.6) is 0 Å². The normalized spacial score (nSPS) is 10.4. The van der Waals surface area contributed by atoms with Crippen LogP contribution in [0.15, 0.2) is 72.9 Å². The van der Waals surface area contributed by atoms with Crippen LogP contribution in [0, 0.1) is 5.82 Å². The Morgan fingerprint density at radius 1 is 1.04 bits per heavy atom. The maximum absolute atomic E-state index is 13.3. The van der Waals surface area contributed by atoms with Crippen LogP contribution in [0.1, 0.15) is 33.3 Å². The third-order valence-electron chi connectivity index (χ3n) is 4.21. The van der Waals surface area contributed by atoms with Crippen molar-refractivity contribution in [3.8, 4) is 0 Å². The number of anilines is 1. The largest absolute Gasteiger partial charge is 0.335 e. The van der Waals surface area contributed by atoms with Crippen molar-refractivity contribution in [2.24, 2.45) is 0 Å². The number of benzene rings is 2. The Bertz CT molecular complexity index is 976. The molecule has 0 saturated heterocycles. The number of nitrogens with zero attached hydrogens (tertiary/aromatic N) is 2. The van der Waals surface area contributed by atoms with E-state index < -0.39 is 11.7 Å². The molecule has 28 heavy (non-hydrogen) atoms. The van der Waals surface area contributed by atoms with Gasteiger partial charge in [-0.1, -0.05) is 36.4 Å². The molecule has 1 N–H and O–H groups in total. The highest BCUT2D eigenvalue weighted by molar-refractivity contribution is 6.04. The van der Waals surface area contributed by atoms with Crippen LogP contribution in [-0.4, -0.2) is 28.2 Å². The van der Waals surface area contributed by atoms with E-state index in [-0.39, 0.29) is 11.6 Å². The molecule has 0 radical (unpaired) electrons. The first kappa shape index (κ1) is 19.2. The second-order valence-corrected chi connectivity index (χ2v) is 6.20. The molecule has 0 spiro atoms. The van der Waals surface area contributed by atoms with Crippen molar-refractivity contribution in [1.82, 2.24) is 9.88 Å². The Balaban J connectivity index is 1.75. The number of aromatic nitrogens is 1. The third kappa shape index (κ3) is 4.79. The number of amides is 2. The number of carbonyl (C=O) groups is 2. The van der Waals surface area contributed by atoms with E-state index in [0.29, 0.717) is 24.3 Å². The van der Waals surface area contributed by atoms with Gasteiger partial charge in [0.25, 0.3) is 11.8 Å². The predicted molar refractivity (Wildman–Crippen MR) is 105 cm³/mol. The van der Waals surface area contributed by atoms with Crippen LogP contribution >= 0.6 is 0 Å². The minimum Gasteiger partial charge on any atom is -0.335 e. The van der Waals surface area contributed by atoms with E-state index >= 15 is 0 Å². The summed E-state index contributed by atoms with van der Waals surface area (Å²) in [6.45, 7) is 2.91. The Kier molecular flexibility index (Phi) is 6.11. The molecule has 0 aliphatic rings. The Hall–Kier alpha value is -3.54. The molecule has 0 aliphatic carbocycles. The lowest BCUT2D eigenvalue weighted by Crippen LogP contribution is -2.30. The average molecular weight is 377 g/mol. The van der Waals surface area contributed by atoms with E-state index in [1.54, 1.807) is 17.0 Å². The molecule has 1 heterocycles. The topological polar surface area (TPSA) is 62.3 Å². The second-order valence-electron chi connectivity index (χ2n) is 6.20. The molecule has 3 rings (SSSR count). The lowest BCUT2D eigenvalue weighted by molar-refractivity contribution is 0.0752. The van der Waals surface area contributed by atoms with Gasteiger partial charge in [-0.2, -0.15) is 0 Å². The summed E-state index contributed by atoms with van der Waals surface area (Å²) in [5.74, 6) is -1.14. The van der Waals surface area contributed by atoms with Crippen molar-refractivity contribution in [3.05, 3.63) is 95.6 Å². The van der Waals surface area contributed by atoms with Gasteiger partial charge in [0, 0.05) is 30.5 Å². The van der Waals surface area contributed by atoms with Crippen LogP contribution in [0.25, 0.3) is 0 Å². The summed E-state index contributed by atoms with van der Waals surface area (Å²) in [7, 11) is 0. The standard InChI is InChI=1S/C22H20FN3O2/c1-2-26(15-16-7-4-3-5-8-16)22(28)17-11-12-24-20(13-17)21(27)25-19-10-6-9-18(23)14-19/h3-14H,2,15H2,1H3,(H,25,27). The van der Waals surface area contributed by atoms with Gasteiger partial charge in [0.2, 0.25) is 0 Å². The third-order valence-corrected chi connectivity index (χ3v) is 4.21. The molecule has 0 bridgehead atoms. The summed E-state index contributed by atoms with van der Waals surface area (Å²) in [6.07, 6.45) is 1.42. The van der Waals surface area contributed by atoms with Gasteiger partial charge in [-0.25, -0.2) is 4.39 Å². The van der Waals surface area contributed by atoms with E-state index in [4.69, 9.17) is 0 Å². The van der Waals surface area contributed by atoms with Gasteiger partial charge in [0.05, 0.1) is 0 Å². The summed E-state index contributed by atoms with van der Waals surface area (Å²) >= 11 is 0. The van der Waals surface area contributed by atoms with Gasteiger partial charge >= 0.3 is 0 Å². The first-order chi connectivity index (χ1) is 13.6. The number of rotatable bonds is 6. The Morgan fingerprint density at radius 3 is 2.54 bits per heavy atom. The molecule has 0 unspecified atom stereocenters. The molecule has 5 nitrogen and oxygen atoms in total. The van der Waals surface area contributed by atoms with Crippen molar-refractivity contribution < 1.29 is 14.0 Å². The monoisotopic (exact) mass is 377 g/mol. The quantitative estimate of drug-likeness (QED) is 0.702. The van der Waals surface area contributed by atoms with Crippen molar-refractivity contribution in [2.75, 3.05) is 11.9 Å². The van der Waals surface area contributed by atoms with Crippen LogP contribution in [-0.2, 0) is 6.54 Å². The van der Waals surface area contributed by atoms with Crippen molar-refractivity contribution in [2.45, 2.75) is 13.5 Å². The molecule has 0 saturated carbocycles. The first-order valence-corrected chi connectivity index (χ1v) is 8.93. The van der Waals surface area contributed by atoms with E-state index in [0.717, 1.165) is 5.56 Å². The smallest absolute Gasteiger partial charge is 0.274 e. The summed E-state index contributed by atoms with van der Waals surface area (Å²) in [4.78, 5) is 31.0. The highest BCUT2D eigenvalue weighted by Crippen LogP contribution is 2.13. The van der Waals surface area contributed by atoms with Crippen molar-refractivity contribution in [3.63, 3.8) is 0 Å². The highest BCUT2D eigenvalue weighted by Gasteiger charge is 2.17. The van der Waals surface area contributed by atoms with Gasteiger partial charge in [-0.15, -0.1) is 0 Å². The number of halogens is 1. The zero-order valence-corrected chi connectivity index (χ0v) is 15.4. The Morgan fingerprint density at radius 2 is 1.82 bits per heavy atom. The lowest BCUT2D eigenvalue weighted by Gasteiger charge is -2.21.